The number of nitrogens with zero attached hydrogens (tertiary/aromatic N) is 2. The van der Waals surface area contributed by atoms with Crippen LogP contribution in [0.3, 0.4) is 0 Å². The van der Waals surface area contributed by atoms with Crippen molar-refractivity contribution in [2.45, 2.75) is 51.4 Å². The van der Waals surface area contributed by atoms with Crippen molar-refractivity contribution in [2.24, 2.45) is 5.92 Å². The number of likely N-dealkylation sites (N-methyl/N-ethyl adjacent to an activating group) is 1. The Morgan fingerprint density at radius 1 is 1.21 bits per heavy atom. The Hall–Kier alpha value is -2.64. The van der Waals surface area contributed by atoms with Crippen LogP contribution in [-0.2, 0) is 19.8 Å². The molecule has 1 fully saturated rings. The maximum Gasteiger partial charge on any atom is 0.294 e. The number of hydrogen-bond donors (Lipinski definition) is 1. The molecule has 0 heterocycles. The first kappa shape index (κ1) is 22.6. The Balaban J connectivity index is 1.85. The average Bonchev–Trinajstić information content (AvgIpc) is 3.46. The van der Waals surface area contributed by atoms with E-state index in [9.17, 15) is 19.7 Å². The molecule has 1 aliphatic carbocycles. The number of benzene rings is 1. The topological polar surface area (TPSA) is 102 Å². The van der Waals surface area contributed by atoms with Gasteiger partial charge in [-0.2, -0.15) is 0 Å². The van der Waals surface area contributed by atoms with Crippen molar-refractivity contribution < 1.29 is 19.5 Å². The lowest BCUT2D eigenvalue weighted by Gasteiger charge is -2.26. The van der Waals surface area contributed by atoms with Crippen LogP contribution in [0, 0.1) is 16.0 Å². The molecule has 29 heavy (non-hydrogen) atoms. The summed E-state index contributed by atoms with van der Waals surface area (Å²) in [4.78, 5) is 41.5. The average molecular weight is 405 g/mol. The number of unbranched alkanes of at least 4 members (excludes halogenated alkanes) is 2. The number of rotatable bonds is 13. The highest BCUT2D eigenvalue weighted by Gasteiger charge is 2.61. The molecule has 0 saturated heterocycles. The zero-order chi connectivity index (χ0) is 21.3. The molecule has 2 rings (SSSR count). The van der Waals surface area contributed by atoms with Gasteiger partial charge in [-0.3, -0.25) is 9.59 Å². The molecular weight excluding hydrogens is 374 g/mol. The van der Waals surface area contributed by atoms with Crippen LogP contribution in [-0.4, -0.2) is 48.0 Å². The summed E-state index contributed by atoms with van der Waals surface area (Å²) in [5, 5.41) is 12.2. The minimum absolute atomic E-state index is 0.0515. The number of carbonyl (C=O) groups excluding carboxylic acids is 2. The van der Waals surface area contributed by atoms with E-state index in [1.54, 1.807) is 0 Å². The molecule has 0 spiro atoms. The summed E-state index contributed by atoms with van der Waals surface area (Å²) in [6, 6.07) is 9.83. The highest BCUT2D eigenvalue weighted by atomic mass is 16.9. The van der Waals surface area contributed by atoms with Gasteiger partial charge in [0, 0.05) is 26.1 Å². The zero-order valence-electron chi connectivity index (χ0n) is 17.3. The number of hydrogen-bond acceptors (Lipinski definition) is 5. The maximum absolute atomic E-state index is 13.2. The number of nitrogens with one attached hydrogen (secondary N) is 1. The monoisotopic (exact) mass is 405 g/mol. The first-order chi connectivity index (χ1) is 14.0. The normalized spacial score (nSPS) is 20.0. The lowest BCUT2D eigenvalue weighted by atomic mass is 9.91. The molecular formula is C21H31N3O5. The Labute approximate surface area is 171 Å². The molecule has 1 aromatic carbocycles. The van der Waals surface area contributed by atoms with Gasteiger partial charge in [0.15, 0.2) is 0 Å². The van der Waals surface area contributed by atoms with Gasteiger partial charge in [0.25, 0.3) is 5.09 Å². The van der Waals surface area contributed by atoms with Crippen LogP contribution >= 0.6 is 0 Å². The standard InChI is InChI=1S/C21H31N3O5/c1-3-23(4-2)20(26)21(17-11-7-5-8-12-17)15-18(21)16-22-19(25)13-9-6-10-14-29-24(27)28/h5,7-8,11-12,18H,3-4,6,9-10,13-16H2,1-2H3,(H,22,25)/t18-,21+/m1/s1. The van der Waals surface area contributed by atoms with E-state index in [0.717, 1.165) is 12.0 Å². The molecule has 1 N–H and O–H groups in total. The van der Waals surface area contributed by atoms with Crippen LogP contribution < -0.4 is 5.32 Å². The highest BCUT2D eigenvalue weighted by Crippen LogP contribution is 2.55. The molecule has 160 valence electrons. The fourth-order valence-electron chi connectivity index (χ4n) is 3.87. The van der Waals surface area contributed by atoms with Crippen molar-refractivity contribution in [3.63, 3.8) is 0 Å². The summed E-state index contributed by atoms with van der Waals surface area (Å²) in [6.07, 6.45) is 3.00. The fraction of sp³-hybridized carbons (Fsp3) is 0.619. The summed E-state index contributed by atoms with van der Waals surface area (Å²) in [5.41, 5.74) is 0.474. The molecule has 1 aromatic rings. The summed E-state index contributed by atoms with van der Waals surface area (Å²) in [7, 11) is 0. The lowest BCUT2D eigenvalue weighted by molar-refractivity contribution is -0.757. The SMILES string of the molecule is CCN(CC)C(=O)[C@]1(c2ccccc2)C[C@@H]1CNC(=O)CCCCCO[N+](=O)[O-]. The predicted octanol–water partition coefficient (Wildman–Crippen LogP) is 2.70. The smallest absolute Gasteiger partial charge is 0.294 e. The Bertz CT molecular complexity index is 693. The molecule has 0 radical (unpaired) electrons. The van der Waals surface area contributed by atoms with E-state index in [0.29, 0.717) is 45.3 Å². The highest BCUT2D eigenvalue weighted by molar-refractivity contribution is 5.92. The van der Waals surface area contributed by atoms with Crippen molar-refractivity contribution >= 4 is 11.8 Å². The Morgan fingerprint density at radius 3 is 2.52 bits per heavy atom. The first-order valence-electron chi connectivity index (χ1n) is 10.3. The molecule has 2 atom stereocenters. The van der Waals surface area contributed by atoms with Gasteiger partial charge in [-0.05, 0) is 44.6 Å². The molecule has 1 saturated carbocycles. The predicted molar refractivity (Wildman–Crippen MR) is 109 cm³/mol. The second kappa shape index (κ2) is 10.8. The minimum atomic E-state index is -0.805. The van der Waals surface area contributed by atoms with Crippen LogP contribution in [0.25, 0.3) is 0 Å². The van der Waals surface area contributed by atoms with Gasteiger partial charge in [-0.25, -0.2) is 0 Å². The summed E-state index contributed by atoms with van der Waals surface area (Å²) < 4.78 is 0. The Kier molecular flexibility index (Phi) is 8.42. The fourth-order valence-corrected chi connectivity index (χ4v) is 3.87. The number of amides is 2. The van der Waals surface area contributed by atoms with Gasteiger partial charge < -0.3 is 15.1 Å². The third-order valence-corrected chi connectivity index (χ3v) is 5.62. The summed E-state index contributed by atoms with van der Waals surface area (Å²) >= 11 is 0. The van der Waals surface area contributed by atoms with Crippen molar-refractivity contribution in [1.29, 1.82) is 0 Å². The van der Waals surface area contributed by atoms with Gasteiger partial charge in [0.2, 0.25) is 11.8 Å². The lowest BCUT2D eigenvalue weighted by Crippen LogP contribution is -2.41. The Morgan fingerprint density at radius 2 is 1.90 bits per heavy atom. The molecule has 0 aromatic heterocycles. The second-order valence-corrected chi connectivity index (χ2v) is 7.39. The van der Waals surface area contributed by atoms with Crippen LogP contribution in [0.15, 0.2) is 30.3 Å². The van der Waals surface area contributed by atoms with Gasteiger partial charge in [-0.1, -0.05) is 36.8 Å². The van der Waals surface area contributed by atoms with Gasteiger partial charge in [0.1, 0.15) is 0 Å². The third kappa shape index (κ3) is 5.92. The minimum Gasteiger partial charge on any atom is -0.356 e. The van der Waals surface area contributed by atoms with E-state index in [2.05, 4.69) is 10.2 Å². The molecule has 0 unspecified atom stereocenters. The molecule has 0 bridgehead atoms. The van der Waals surface area contributed by atoms with Crippen LogP contribution in [0.2, 0.25) is 0 Å². The van der Waals surface area contributed by atoms with Crippen LogP contribution in [0.5, 0.6) is 0 Å². The van der Waals surface area contributed by atoms with E-state index in [1.165, 1.54) is 0 Å². The summed E-state index contributed by atoms with van der Waals surface area (Å²) in [6.45, 7) is 5.84. The molecule has 2 amide bonds. The number of carbonyl (C=O) groups is 2. The summed E-state index contributed by atoms with van der Waals surface area (Å²) in [5.74, 6) is 0.179. The van der Waals surface area contributed by atoms with E-state index in [1.807, 2.05) is 49.1 Å². The largest absolute Gasteiger partial charge is 0.356 e. The van der Waals surface area contributed by atoms with Crippen molar-refractivity contribution in [3.8, 4) is 0 Å². The molecule has 8 heteroatoms. The maximum atomic E-state index is 13.2. The van der Waals surface area contributed by atoms with Gasteiger partial charge >= 0.3 is 0 Å². The van der Waals surface area contributed by atoms with E-state index >= 15 is 0 Å². The van der Waals surface area contributed by atoms with Crippen molar-refractivity contribution in [1.82, 2.24) is 10.2 Å². The zero-order valence-corrected chi connectivity index (χ0v) is 17.3. The van der Waals surface area contributed by atoms with Crippen molar-refractivity contribution in [3.05, 3.63) is 46.0 Å². The first-order valence-corrected chi connectivity index (χ1v) is 10.3. The van der Waals surface area contributed by atoms with Crippen LogP contribution in [0.1, 0.15) is 51.5 Å². The van der Waals surface area contributed by atoms with Crippen LogP contribution in [0.4, 0.5) is 0 Å². The molecule has 8 nitrogen and oxygen atoms in total. The quantitative estimate of drug-likeness (QED) is 0.309. The van der Waals surface area contributed by atoms with Crippen molar-refractivity contribution in [2.75, 3.05) is 26.2 Å². The van der Waals surface area contributed by atoms with Gasteiger partial charge in [-0.15, -0.1) is 10.1 Å². The van der Waals surface area contributed by atoms with Gasteiger partial charge in [0.05, 0.1) is 12.0 Å². The van der Waals surface area contributed by atoms with E-state index in [-0.39, 0.29) is 24.3 Å². The third-order valence-electron chi connectivity index (χ3n) is 5.62. The van der Waals surface area contributed by atoms with E-state index < -0.39 is 10.5 Å². The second-order valence-electron chi connectivity index (χ2n) is 7.39. The molecule has 0 aliphatic heterocycles. The van der Waals surface area contributed by atoms with E-state index in [4.69, 9.17) is 0 Å². The molecule has 1 aliphatic rings.